The summed E-state index contributed by atoms with van der Waals surface area (Å²) in [5.74, 6) is -0.150. The van der Waals surface area contributed by atoms with E-state index in [0.29, 0.717) is 23.2 Å². The van der Waals surface area contributed by atoms with Crippen molar-refractivity contribution in [1.29, 1.82) is 0 Å². The number of ether oxygens (including phenoxy) is 1. The molecule has 7 nitrogen and oxygen atoms in total. The number of H-pyrrole nitrogens is 1. The molecule has 1 amide bonds. The first-order valence-corrected chi connectivity index (χ1v) is 12.8. The average molecular weight is 483 g/mol. The van der Waals surface area contributed by atoms with Gasteiger partial charge in [0.15, 0.2) is 0 Å². The highest BCUT2D eigenvalue weighted by Crippen LogP contribution is 2.32. The molecule has 1 aliphatic carbocycles. The van der Waals surface area contributed by atoms with Crippen molar-refractivity contribution in [1.82, 2.24) is 15.2 Å². The molecule has 0 saturated heterocycles. The maximum atomic E-state index is 13.1. The number of pyridine rings is 1. The van der Waals surface area contributed by atoms with Gasteiger partial charge in [0.2, 0.25) is 0 Å². The van der Waals surface area contributed by atoms with E-state index in [1.54, 1.807) is 7.11 Å². The summed E-state index contributed by atoms with van der Waals surface area (Å²) in [5, 5.41) is 2.96. The van der Waals surface area contributed by atoms with E-state index in [-0.39, 0.29) is 18.0 Å². The number of carbonyl (C=O) groups is 1. The molecule has 3 rings (SSSR count). The molecule has 1 saturated carbocycles. The van der Waals surface area contributed by atoms with E-state index < -0.39 is 0 Å². The van der Waals surface area contributed by atoms with Crippen molar-refractivity contribution in [2.75, 3.05) is 38.8 Å². The van der Waals surface area contributed by atoms with E-state index in [2.05, 4.69) is 40.1 Å². The van der Waals surface area contributed by atoms with E-state index in [9.17, 15) is 9.59 Å². The van der Waals surface area contributed by atoms with Crippen LogP contribution in [0.15, 0.2) is 29.1 Å². The van der Waals surface area contributed by atoms with Crippen LogP contribution < -0.4 is 15.8 Å². The first-order valence-electron chi connectivity index (χ1n) is 12.8. The summed E-state index contributed by atoms with van der Waals surface area (Å²) in [4.78, 5) is 33.2. The van der Waals surface area contributed by atoms with Gasteiger partial charge in [-0.15, -0.1) is 0 Å². The molecule has 0 radical (unpaired) electrons. The molecule has 0 atom stereocenters. The number of aromatic amines is 1. The smallest absolute Gasteiger partial charge is 0.253 e. The Labute approximate surface area is 209 Å². The zero-order valence-corrected chi connectivity index (χ0v) is 22.2. The zero-order chi connectivity index (χ0) is 25.5. The lowest BCUT2D eigenvalue weighted by molar-refractivity contribution is 0.0950. The molecule has 1 aromatic carbocycles. The number of rotatable bonds is 10. The Bertz CT molecular complexity index is 1060. The predicted octanol–water partition coefficient (Wildman–Crippen LogP) is 3.95. The van der Waals surface area contributed by atoms with E-state index in [4.69, 9.17) is 4.74 Å². The second kappa shape index (κ2) is 12.4. The molecule has 1 aliphatic rings. The topological polar surface area (TPSA) is 77.7 Å². The van der Waals surface area contributed by atoms with Crippen molar-refractivity contribution in [2.45, 2.75) is 72.0 Å². The van der Waals surface area contributed by atoms with Crippen molar-refractivity contribution >= 4 is 11.6 Å². The standard InChI is InChI=1S/C28H42N4O3/c1-7-32(23-13-11-22(12-14-23)31(5)15-16-35-6)26-10-8-9-24(21(26)4)27(33)29-18-25-19(2)17-20(3)30-28(25)34/h8-10,17,22-23H,7,11-16,18H2,1-6H3,(H,29,33)(H,30,34). The number of amides is 1. The Morgan fingerprint density at radius 3 is 2.46 bits per heavy atom. The van der Waals surface area contributed by atoms with Crippen LogP contribution in [0.5, 0.6) is 0 Å². The second-order valence-corrected chi connectivity index (χ2v) is 9.80. The molecule has 1 fully saturated rings. The van der Waals surface area contributed by atoms with Crippen LogP contribution in [0.2, 0.25) is 0 Å². The first-order chi connectivity index (χ1) is 16.8. The fraction of sp³-hybridized carbons (Fsp3) is 0.571. The van der Waals surface area contributed by atoms with Crippen molar-refractivity contribution in [2.24, 2.45) is 0 Å². The highest BCUT2D eigenvalue weighted by molar-refractivity contribution is 5.97. The molecule has 0 bridgehead atoms. The molecule has 1 heterocycles. The minimum absolute atomic E-state index is 0.145. The molecule has 35 heavy (non-hydrogen) atoms. The van der Waals surface area contributed by atoms with Crippen LogP contribution in [0.25, 0.3) is 0 Å². The third-order valence-electron chi connectivity index (χ3n) is 7.50. The Morgan fingerprint density at radius 1 is 1.14 bits per heavy atom. The molecule has 0 unspecified atom stereocenters. The molecular formula is C28H42N4O3. The van der Waals surface area contributed by atoms with Crippen LogP contribution in [0, 0.1) is 20.8 Å². The highest BCUT2D eigenvalue weighted by atomic mass is 16.5. The van der Waals surface area contributed by atoms with Gasteiger partial charge in [0.05, 0.1) is 6.61 Å². The maximum absolute atomic E-state index is 13.1. The van der Waals surface area contributed by atoms with Gasteiger partial charge in [0, 0.05) is 61.3 Å². The molecule has 2 aromatic rings. The van der Waals surface area contributed by atoms with Crippen molar-refractivity contribution in [3.8, 4) is 0 Å². The number of carbonyl (C=O) groups excluding carboxylic acids is 1. The second-order valence-electron chi connectivity index (χ2n) is 9.80. The number of anilines is 1. The van der Waals surface area contributed by atoms with Crippen molar-refractivity contribution in [3.63, 3.8) is 0 Å². The lowest BCUT2D eigenvalue weighted by atomic mass is 9.88. The minimum atomic E-state index is -0.150. The molecule has 2 N–H and O–H groups in total. The van der Waals surface area contributed by atoms with Gasteiger partial charge in [-0.05, 0) is 89.8 Å². The number of aromatic nitrogens is 1. The van der Waals surface area contributed by atoms with Crippen LogP contribution in [0.4, 0.5) is 5.69 Å². The number of hydrogen-bond acceptors (Lipinski definition) is 5. The summed E-state index contributed by atoms with van der Waals surface area (Å²) in [6.07, 6.45) is 4.62. The number of methoxy groups -OCH3 is 1. The number of likely N-dealkylation sites (N-methyl/N-ethyl adjacent to an activating group) is 1. The van der Waals surface area contributed by atoms with Crippen LogP contribution in [-0.4, -0.2) is 61.7 Å². The fourth-order valence-corrected chi connectivity index (χ4v) is 5.40. The maximum Gasteiger partial charge on any atom is 0.253 e. The zero-order valence-electron chi connectivity index (χ0n) is 22.2. The highest BCUT2D eigenvalue weighted by Gasteiger charge is 2.28. The minimum Gasteiger partial charge on any atom is -0.383 e. The molecule has 7 heteroatoms. The van der Waals surface area contributed by atoms with Crippen LogP contribution in [0.1, 0.15) is 65.3 Å². The largest absolute Gasteiger partial charge is 0.383 e. The van der Waals surface area contributed by atoms with Gasteiger partial charge in [-0.2, -0.15) is 0 Å². The number of hydrogen-bond donors (Lipinski definition) is 2. The summed E-state index contributed by atoms with van der Waals surface area (Å²) < 4.78 is 5.24. The van der Waals surface area contributed by atoms with Crippen LogP contribution >= 0.6 is 0 Å². The summed E-state index contributed by atoms with van der Waals surface area (Å²) in [5.41, 5.74) is 4.93. The molecule has 0 aliphatic heterocycles. The molecule has 192 valence electrons. The number of nitrogens with zero attached hydrogens (tertiary/aromatic N) is 2. The Balaban J connectivity index is 1.69. The van der Waals surface area contributed by atoms with Crippen molar-refractivity contribution in [3.05, 3.63) is 62.6 Å². The van der Waals surface area contributed by atoms with Crippen LogP contribution in [-0.2, 0) is 11.3 Å². The van der Waals surface area contributed by atoms with Gasteiger partial charge in [-0.25, -0.2) is 0 Å². The van der Waals surface area contributed by atoms with E-state index >= 15 is 0 Å². The molecular weight excluding hydrogens is 440 g/mol. The van der Waals surface area contributed by atoms with Gasteiger partial charge in [-0.1, -0.05) is 6.07 Å². The van der Waals surface area contributed by atoms with Crippen LogP contribution in [0.3, 0.4) is 0 Å². The third kappa shape index (κ3) is 6.53. The van der Waals surface area contributed by atoms with Gasteiger partial charge in [-0.3, -0.25) is 9.59 Å². The quantitative estimate of drug-likeness (QED) is 0.536. The number of benzene rings is 1. The Morgan fingerprint density at radius 2 is 1.83 bits per heavy atom. The van der Waals surface area contributed by atoms with Gasteiger partial charge < -0.3 is 24.8 Å². The first kappa shape index (κ1) is 27.0. The lowest BCUT2D eigenvalue weighted by Crippen LogP contribution is -2.44. The Kier molecular flexibility index (Phi) is 9.52. The summed E-state index contributed by atoms with van der Waals surface area (Å²) >= 11 is 0. The van der Waals surface area contributed by atoms with Gasteiger partial charge >= 0.3 is 0 Å². The van der Waals surface area contributed by atoms with Crippen molar-refractivity contribution < 1.29 is 9.53 Å². The summed E-state index contributed by atoms with van der Waals surface area (Å²) in [6, 6.07) is 8.97. The SMILES string of the molecule is CCN(c1cccc(C(=O)NCc2c(C)cc(C)[nH]c2=O)c1C)C1CCC(N(C)CCOC)CC1. The lowest BCUT2D eigenvalue weighted by Gasteiger charge is -2.41. The summed E-state index contributed by atoms with van der Waals surface area (Å²) in [6.45, 7) is 10.8. The predicted molar refractivity (Wildman–Crippen MR) is 142 cm³/mol. The van der Waals surface area contributed by atoms with Gasteiger partial charge in [0.25, 0.3) is 11.5 Å². The summed E-state index contributed by atoms with van der Waals surface area (Å²) in [7, 11) is 3.95. The average Bonchev–Trinajstić information content (AvgIpc) is 2.83. The third-order valence-corrected chi connectivity index (χ3v) is 7.50. The molecule has 0 spiro atoms. The normalized spacial score (nSPS) is 18.0. The van der Waals surface area contributed by atoms with Gasteiger partial charge in [0.1, 0.15) is 0 Å². The van der Waals surface area contributed by atoms with E-state index in [0.717, 1.165) is 55.0 Å². The fourth-order valence-electron chi connectivity index (χ4n) is 5.40. The number of nitrogens with one attached hydrogen (secondary N) is 2. The number of aryl methyl sites for hydroxylation is 2. The van der Waals surface area contributed by atoms with E-state index in [1.165, 1.54) is 12.8 Å². The monoisotopic (exact) mass is 482 g/mol. The molecule has 1 aromatic heterocycles. The Hall–Kier alpha value is -2.64. The van der Waals surface area contributed by atoms with E-state index in [1.807, 2.05) is 39.0 Å².